The Bertz CT molecular complexity index is 708. The predicted octanol–water partition coefficient (Wildman–Crippen LogP) is 3.94. The van der Waals surface area contributed by atoms with E-state index in [0.717, 1.165) is 17.5 Å². The average molecular weight is 313 g/mol. The van der Waals surface area contributed by atoms with Crippen molar-refractivity contribution in [2.24, 2.45) is 0 Å². The summed E-state index contributed by atoms with van der Waals surface area (Å²) in [6, 6.07) is 7.51. The number of carboxylic acids is 1. The number of carbonyl (C=O) groups is 1. The van der Waals surface area contributed by atoms with Crippen molar-refractivity contribution in [1.82, 2.24) is 4.98 Å². The number of carboxylic acid groups (broad SMARTS) is 1. The molecular weight excluding hydrogens is 303 g/mol. The van der Waals surface area contributed by atoms with Crippen molar-refractivity contribution in [2.75, 3.05) is 0 Å². The van der Waals surface area contributed by atoms with E-state index < -0.39 is 22.7 Å². The third kappa shape index (κ3) is 2.42. The van der Waals surface area contributed by atoms with Crippen LogP contribution in [0.4, 0.5) is 13.2 Å². The van der Waals surface area contributed by atoms with Gasteiger partial charge in [0.25, 0.3) is 0 Å². The number of rotatable bonds is 2. The molecule has 0 bridgehead atoms. The maximum atomic E-state index is 12.9. The molecule has 7 heteroatoms. The normalized spacial score (nSPS) is 17.8. The van der Waals surface area contributed by atoms with Crippen molar-refractivity contribution in [3.63, 3.8) is 0 Å². The molecule has 1 aliphatic carbocycles. The maximum absolute atomic E-state index is 12.9. The Kier molecular flexibility index (Phi) is 3.24. The van der Waals surface area contributed by atoms with Gasteiger partial charge in [0.2, 0.25) is 0 Å². The Morgan fingerprint density at radius 3 is 2.67 bits per heavy atom. The molecule has 1 N–H and O–H groups in total. The summed E-state index contributed by atoms with van der Waals surface area (Å²) in [5, 5.41) is 9.18. The topological polar surface area (TPSA) is 50.2 Å². The van der Waals surface area contributed by atoms with Crippen LogP contribution in [0.1, 0.15) is 43.8 Å². The first-order valence-electron chi connectivity index (χ1n) is 6.27. The van der Waals surface area contributed by atoms with Crippen molar-refractivity contribution in [3.8, 4) is 0 Å². The Labute approximate surface area is 122 Å². The van der Waals surface area contributed by atoms with E-state index in [1.807, 2.05) is 24.3 Å². The van der Waals surface area contributed by atoms with E-state index in [1.165, 1.54) is 0 Å². The number of aromatic nitrogens is 1. The Morgan fingerprint density at radius 1 is 1.33 bits per heavy atom. The van der Waals surface area contributed by atoms with E-state index in [2.05, 4.69) is 4.98 Å². The lowest BCUT2D eigenvalue weighted by Crippen LogP contribution is -2.11. The van der Waals surface area contributed by atoms with Crippen molar-refractivity contribution in [3.05, 3.63) is 51.0 Å². The molecule has 1 aliphatic rings. The summed E-state index contributed by atoms with van der Waals surface area (Å²) < 4.78 is 38.7. The molecular formula is C14H10F3NO2S. The van der Waals surface area contributed by atoms with E-state index in [9.17, 15) is 18.0 Å². The Balaban J connectivity index is 2.07. The second kappa shape index (κ2) is 4.84. The van der Waals surface area contributed by atoms with Gasteiger partial charge in [-0.1, -0.05) is 24.3 Å². The number of benzene rings is 1. The molecule has 1 aromatic carbocycles. The molecule has 21 heavy (non-hydrogen) atoms. The molecule has 1 unspecified atom stereocenters. The van der Waals surface area contributed by atoms with Crippen molar-refractivity contribution < 1.29 is 23.1 Å². The van der Waals surface area contributed by atoms with Gasteiger partial charge in [0.15, 0.2) is 5.69 Å². The summed E-state index contributed by atoms with van der Waals surface area (Å²) in [4.78, 5) is 13.9. The smallest absolute Gasteiger partial charge is 0.435 e. The molecule has 0 radical (unpaired) electrons. The van der Waals surface area contributed by atoms with Crippen LogP contribution in [0.3, 0.4) is 0 Å². The zero-order valence-electron chi connectivity index (χ0n) is 10.6. The van der Waals surface area contributed by atoms with E-state index >= 15 is 0 Å². The van der Waals surface area contributed by atoms with Crippen LogP contribution in [0.5, 0.6) is 0 Å². The number of hydrogen-bond acceptors (Lipinski definition) is 3. The fourth-order valence-electron chi connectivity index (χ4n) is 2.64. The first-order chi connectivity index (χ1) is 9.88. The summed E-state index contributed by atoms with van der Waals surface area (Å²) in [6.45, 7) is 0. The van der Waals surface area contributed by atoms with Crippen LogP contribution >= 0.6 is 11.3 Å². The van der Waals surface area contributed by atoms with Gasteiger partial charge in [0, 0.05) is 5.92 Å². The summed E-state index contributed by atoms with van der Waals surface area (Å²) >= 11 is 0.625. The van der Waals surface area contributed by atoms with E-state index in [1.54, 1.807) is 0 Å². The Morgan fingerprint density at radius 2 is 2.05 bits per heavy atom. The molecule has 2 aromatic rings. The molecule has 3 rings (SSSR count). The lowest BCUT2D eigenvalue weighted by atomic mass is 10.0. The van der Waals surface area contributed by atoms with Crippen LogP contribution in [-0.4, -0.2) is 16.1 Å². The number of aryl methyl sites for hydroxylation is 1. The minimum Gasteiger partial charge on any atom is -0.477 e. The highest BCUT2D eigenvalue weighted by atomic mass is 32.1. The van der Waals surface area contributed by atoms with Crippen molar-refractivity contribution >= 4 is 17.3 Å². The number of alkyl halides is 3. The lowest BCUT2D eigenvalue weighted by molar-refractivity contribution is -0.141. The van der Waals surface area contributed by atoms with Gasteiger partial charge in [0.1, 0.15) is 9.88 Å². The van der Waals surface area contributed by atoms with Gasteiger partial charge >= 0.3 is 12.1 Å². The van der Waals surface area contributed by atoms with Crippen LogP contribution in [0, 0.1) is 0 Å². The fraction of sp³-hybridized carbons (Fsp3) is 0.286. The number of aromatic carboxylic acids is 1. The minimum atomic E-state index is -4.75. The number of hydrogen-bond donors (Lipinski definition) is 1. The summed E-state index contributed by atoms with van der Waals surface area (Å²) in [7, 11) is 0. The van der Waals surface area contributed by atoms with Crippen LogP contribution in [0.2, 0.25) is 0 Å². The highest BCUT2D eigenvalue weighted by Gasteiger charge is 2.41. The largest absolute Gasteiger partial charge is 0.477 e. The fourth-order valence-corrected chi connectivity index (χ4v) is 3.71. The third-order valence-corrected chi connectivity index (χ3v) is 4.69. The van der Waals surface area contributed by atoms with Crippen molar-refractivity contribution in [2.45, 2.75) is 24.9 Å². The van der Waals surface area contributed by atoms with Crippen LogP contribution < -0.4 is 0 Å². The van der Waals surface area contributed by atoms with Crippen LogP contribution in [-0.2, 0) is 12.6 Å². The van der Waals surface area contributed by atoms with Gasteiger partial charge in [-0.2, -0.15) is 13.2 Å². The van der Waals surface area contributed by atoms with Crippen molar-refractivity contribution in [1.29, 1.82) is 0 Å². The molecule has 1 atom stereocenters. The molecule has 1 heterocycles. The van der Waals surface area contributed by atoms with Crippen LogP contribution in [0.25, 0.3) is 0 Å². The second-order valence-corrected chi connectivity index (χ2v) is 5.85. The molecule has 1 aromatic heterocycles. The van der Waals surface area contributed by atoms with E-state index in [4.69, 9.17) is 5.11 Å². The second-order valence-electron chi connectivity index (χ2n) is 4.82. The standard InChI is InChI=1S/C14H10F3NO2S/c15-14(16,17)11-10(13(19)20)21-12(18-11)9-6-5-7-3-1-2-4-8(7)9/h1-4,9H,5-6H2,(H,19,20). The van der Waals surface area contributed by atoms with Gasteiger partial charge < -0.3 is 5.11 Å². The number of nitrogens with zero attached hydrogens (tertiary/aromatic N) is 1. The van der Waals surface area contributed by atoms with Gasteiger partial charge in [-0.15, -0.1) is 11.3 Å². The molecule has 0 saturated heterocycles. The third-order valence-electron chi connectivity index (χ3n) is 3.54. The molecule has 0 amide bonds. The van der Waals surface area contributed by atoms with Gasteiger partial charge in [-0.25, -0.2) is 9.78 Å². The first-order valence-corrected chi connectivity index (χ1v) is 7.08. The molecule has 0 fully saturated rings. The van der Waals surface area contributed by atoms with Gasteiger partial charge in [-0.3, -0.25) is 0 Å². The van der Waals surface area contributed by atoms with Gasteiger partial charge in [-0.05, 0) is 24.0 Å². The predicted molar refractivity (Wildman–Crippen MR) is 70.7 cm³/mol. The zero-order valence-corrected chi connectivity index (χ0v) is 11.5. The molecule has 0 aliphatic heterocycles. The number of thiazole rings is 1. The SMILES string of the molecule is O=C(O)c1sc(C2CCc3ccccc32)nc1C(F)(F)F. The minimum absolute atomic E-state index is 0.227. The van der Waals surface area contributed by atoms with E-state index in [0.29, 0.717) is 17.8 Å². The maximum Gasteiger partial charge on any atom is 0.435 e. The molecule has 0 spiro atoms. The highest BCUT2D eigenvalue weighted by molar-refractivity contribution is 7.13. The number of halogens is 3. The Hall–Kier alpha value is -1.89. The number of fused-ring (bicyclic) bond motifs is 1. The average Bonchev–Trinajstić information content (AvgIpc) is 3.01. The van der Waals surface area contributed by atoms with Gasteiger partial charge in [0.05, 0.1) is 0 Å². The first kappa shape index (κ1) is 14.1. The van der Waals surface area contributed by atoms with E-state index in [-0.39, 0.29) is 10.9 Å². The molecule has 3 nitrogen and oxygen atoms in total. The quantitative estimate of drug-likeness (QED) is 0.913. The summed E-state index contributed by atoms with van der Waals surface area (Å²) in [5.41, 5.74) is 0.736. The highest BCUT2D eigenvalue weighted by Crippen LogP contribution is 2.43. The zero-order chi connectivity index (χ0) is 15.2. The molecule has 110 valence electrons. The lowest BCUT2D eigenvalue weighted by Gasteiger charge is -2.07. The monoisotopic (exact) mass is 313 g/mol. The van der Waals surface area contributed by atoms with Crippen LogP contribution in [0.15, 0.2) is 24.3 Å². The summed E-state index contributed by atoms with van der Waals surface area (Å²) in [6.07, 6.45) is -3.33. The molecule has 0 saturated carbocycles. The summed E-state index contributed by atoms with van der Waals surface area (Å²) in [5.74, 6) is -1.84.